The highest BCUT2D eigenvalue weighted by atomic mass is 79.9. The fourth-order valence-corrected chi connectivity index (χ4v) is 2.01. The van der Waals surface area contributed by atoms with Crippen molar-refractivity contribution in [3.8, 4) is 0 Å². The third-order valence-corrected chi connectivity index (χ3v) is 3.32. The van der Waals surface area contributed by atoms with Crippen molar-refractivity contribution in [1.29, 1.82) is 0 Å². The summed E-state index contributed by atoms with van der Waals surface area (Å²) in [5, 5.41) is 2.32. The number of carbonyl (C=O) groups is 1. The van der Waals surface area contributed by atoms with E-state index in [1.54, 1.807) is 6.07 Å². The number of hydrogen-bond acceptors (Lipinski definition) is 2. The van der Waals surface area contributed by atoms with Crippen molar-refractivity contribution in [3.05, 3.63) is 57.3 Å². The highest BCUT2D eigenvalue weighted by Gasteiger charge is 2.31. The van der Waals surface area contributed by atoms with Gasteiger partial charge in [-0.25, -0.2) is 0 Å². The number of nitrogens with one attached hydrogen (secondary N) is 1. The molecular weight excluding hydrogens is 373 g/mol. The zero-order valence-corrected chi connectivity index (χ0v) is 12.6. The van der Waals surface area contributed by atoms with Crippen LogP contribution in [0.15, 0.2) is 41.0 Å². The Hall–Kier alpha value is -1.60. The molecule has 0 radical (unpaired) electrons. The molecule has 0 unspecified atom stereocenters. The largest absolute Gasteiger partial charge is 0.416 e. The molecule has 21 heavy (non-hydrogen) atoms. The zero-order valence-electron chi connectivity index (χ0n) is 10.2. The van der Waals surface area contributed by atoms with Crippen LogP contribution in [0, 0.1) is 0 Å². The minimum atomic E-state index is -4.52. The summed E-state index contributed by atoms with van der Waals surface area (Å²) in [6, 6.07) is 5.76. The molecule has 0 aliphatic heterocycles. The molecule has 0 saturated heterocycles. The number of anilines is 1. The highest BCUT2D eigenvalue weighted by Crippen LogP contribution is 2.33. The van der Waals surface area contributed by atoms with Gasteiger partial charge >= 0.3 is 6.18 Å². The number of nitrogens with zero attached hydrogens (tertiary/aromatic N) is 1. The Morgan fingerprint density at radius 1 is 1.24 bits per heavy atom. The SMILES string of the molecule is O=C(Nc1cc(C(F)(F)F)ccc1Cl)c1cc(Br)ccn1. The molecular formula is C13H7BrClF3N2O. The van der Waals surface area contributed by atoms with Crippen molar-refractivity contribution in [2.24, 2.45) is 0 Å². The molecule has 1 N–H and O–H groups in total. The number of amides is 1. The van der Waals surface area contributed by atoms with E-state index in [9.17, 15) is 18.0 Å². The van der Waals surface area contributed by atoms with E-state index in [4.69, 9.17) is 11.6 Å². The number of halogens is 5. The highest BCUT2D eigenvalue weighted by molar-refractivity contribution is 9.10. The maximum atomic E-state index is 12.6. The molecule has 0 saturated carbocycles. The predicted octanol–water partition coefficient (Wildman–Crippen LogP) is 4.77. The normalized spacial score (nSPS) is 11.3. The van der Waals surface area contributed by atoms with Crippen LogP contribution in [0.1, 0.15) is 16.1 Å². The first kappa shape index (κ1) is 15.8. The van der Waals surface area contributed by atoms with Crippen molar-refractivity contribution >= 4 is 39.1 Å². The minimum Gasteiger partial charge on any atom is -0.319 e. The van der Waals surface area contributed by atoms with Gasteiger partial charge in [0.1, 0.15) is 5.69 Å². The average Bonchev–Trinajstić information content (AvgIpc) is 2.40. The summed E-state index contributed by atoms with van der Waals surface area (Å²) in [5.41, 5.74) is -0.972. The van der Waals surface area contributed by atoms with E-state index in [1.807, 2.05) is 0 Å². The Morgan fingerprint density at radius 2 is 1.95 bits per heavy atom. The van der Waals surface area contributed by atoms with Gasteiger partial charge < -0.3 is 5.32 Å². The molecule has 8 heteroatoms. The van der Waals surface area contributed by atoms with Crippen LogP contribution in [-0.2, 0) is 6.18 Å². The summed E-state index contributed by atoms with van der Waals surface area (Å²) < 4.78 is 38.5. The molecule has 0 bridgehead atoms. The van der Waals surface area contributed by atoms with Crippen molar-refractivity contribution in [1.82, 2.24) is 4.98 Å². The van der Waals surface area contributed by atoms with Crippen LogP contribution >= 0.6 is 27.5 Å². The molecule has 0 atom stereocenters. The summed E-state index contributed by atoms with van der Waals surface area (Å²) >= 11 is 8.97. The van der Waals surface area contributed by atoms with Crippen molar-refractivity contribution in [3.63, 3.8) is 0 Å². The molecule has 0 fully saturated rings. The van der Waals surface area contributed by atoms with E-state index in [1.165, 1.54) is 12.3 Å². The van der Waals surface area contributed by atoms with Crippen LogP contribution in [-0.4, -0.2) is 10.9 Å². The molecule has 1 heterocycles. The van der Waals surface area contributed by atoms with Crippen LogP contribution in [0.25, 0.3) is 0 Å². The molecule has 110 valence electrons. The summed E-state index contributed by atoms with van der Waals surface area (Å²) in [6.07, 6.45) is -3.12. The second-order valence-corrected chi connectivity index (χ2v) is 5.33. The molecule has 3 nitrogen and oxygen atoms in total. The van der Waals surface area contributed by atoms with E-state index in [0.29, 0.717) is 4.47 Å². The van der Waals surface area contributed by atoms with Gasteiger partial charge in [-0.15, -0.1) is 0 Å². The molecule has 2 aromatic rings. The Morgan fingerprint density at radius 3 is 2.57 bits per heavy atom. The second-order valence-electron chi connectivity index (χ2n) is 4.01. The van der Waals surface area contributed by atoms with Gasteiger partial charge in [-0.1, -0.05) is 27.5 Å². The van der Waals surface area contributed by atoms with E-state index < -0.39 is 17.6 Å². The molecule has 0 spiro atoms. The molecule has 1 amide bonds. The maximum absolute atomic E-state index is 12.6. The van der Waals surface area contributed by atoms with Crippen LogP contribution < -0.4 is 5.32 Å². The standard InChI is InChI=1S/C13H7BrClF3N2O/c14-8-3-4-19-11(6-8)12(21)20-10-5-7(13(16,17)18)1-2-9(10)15/h1-6H,(H,20,21). The van der Waals surface area contributed by atoms with E-state index >= 15 is 0 Å². The van der Waals surface area contributed by atoms with Gasteiger partial charge in [-0.05, 0) is 30.3 Å². The van der Waals surface area contributed by atoms with Gasteiger partial charge in [0.15, 0.2) is 0 Å². The first-order chi connectivity index (χ1) is 9.77. The van der Waals surface area contributed by atoms with Gasteiger partial charge in [0.25, 0.3) is 5.91 Å². The number of hydrogen-bond donors (Lipinski definition) is 1. The van der Waals surface area contributed by atoms with Gasteiger partial charge in [-0.2, -0.15) is 13.2 Å². The number of carbonyl (C=O) groups excluding carboxylic acids is 1. The lowest BCUT2D eigenvalue weighted by molar-refractivity contribution is -0.137. The molecule has 1 aromatic heterocycles. The fraction of sp³-hybridized carbons (Fsp3) is 0.0769. The smallest absolute Gasteiger partial charge is 0.319 e. The molecule has 0 aliphatic rings. The average molecular weight is 380 g/mol. The topological polar surface area (TPSA) is 42.0 Å². The lowest BCUT2D eigenvalue weighted by Crippen LogP contribution is -2.15. The number of aromatic nitrogens is 1. The summed E-state index contributed by atoms with van der Waals surface area (Å²) in [5.74, 6) is -0.655. The Kier molecular flexibility index (Phi) is 4.53. The number of pyridine rings is 1. The fourth-order valence-electron chi connectivity index (χ4n) is 1.51. The van der Waals surface area contributed by atoms with Crippen LogP contribution in [0.4, 0.5) is 18.9 Å². The van der Waals surface area contributed by atoms with Gasteiger partial charge in [0.05, 0.1) is 16.3 Å². The minimum absolute atomic E-state index is 0.00588. The Bertz CT molecular complexity index is 691. The van der Waals surface area contributed by atoms with Crippen LogP contribution in [0.3, 0.4) is 0 Å². The van der Waals surface area contributed by atoms with Gasteiger partial charge in [0.2, 0.25) is 0 Å². The maximum Gasteiger partial charge on any atom is 0.416 e. The quantitative estimate of drug-likeness (QED) is 0.817. The Balaban J connectivity index is 2.29. The lowest BCUT2D eigenvalue weighted by Gasteiger charge is -2.11. The molecule has 1 aromatic carbocycles. The van der Waals surface area contributed by atoms with E-state index in [2.05, 4.69) is 26.2 Å². The predicted molar refractivity (Wildman–Crippen MR) is 76.3 cm³/mol. The number of benzene rings is 1. The van der Waals surface area contributed by atoms with Crippen molar-refractivity contribution < 1.29 is 18.0 Å². The summed E-state index contributed by atoms with van der Waals surface area (Å²) in [7, 11) is 0. The molecule has 2 rings (SSSR count). The van der Waals surface area contributed by atoms with Gasteiger partial charge in [0, 0.05) is 10.7 Å². The third-order valence-electron chi connectivity index (χ3n) is 2.50. The second kappa shape index (κ2) is 6.03. The molecule has 0 aliphatic carbocycles. The number of alkyl halides is 3. The monoisotopic (exact) mass is 378 g/mol. The Labute approximate surface area is 131 Å². The number of rotatable bonds is 2. The first-order valence-electron chi connectivity index (χ1n) is 5.57. The summed E-state index contributed by atoms with van der Waals surface area (Å²) in [4.78, 5) is 15.8. The summed E-state index contributed by atoms with van der Waals surface area (Å²) in [6.45, 7) is 0. The van der Waals surface area contributed by atoms with Gasteiger partial charge in [-0.3, -0.25) is 9.78 Å². The zero-order chi connectivity index (χ0) is 15.6. The van der Waals surface area contributed by atoms with Crippen LogP contribution in [0.5, 0.6) is 0 Å². The first-order valence-corrected chi connectivity index (χ1v) is 6.74. The van der Waals surface area contributed by atoms with E-state index in [-0.39, 0.29) is 16.4 Å². The third kappa shape index (κ3) is 3.95. The van der Waals surface area contributed by atoms with Crippen molar-refractivity contribution in [2.75, 3.05) is 5.32 Å². The van der Waals surface area contributed by atoms with Crippen molar-refractivity contribution in [2.45, 2.75) is 6.18 Å². The van der Waals surface area contributed by atoms with E-state index in [0.717, 1.165) is 18.2 Å². The van der Waals surface area contributed by atoms with Crippen LogP contribution in [0.2, 0.25) is 5.02 Å². The lowest BCUT2D eigenvalue weighted by atomic mass is 10.2.